The lowest BCUT2D eigenvalue weighted by molar-refractivity contribution is 0.772. The summed E-state index contributed by atoms with van der Waals surface area (Å²) in [5.74, 6) is 3.69. The molecule has 2 rings (SSSR count). The number of anilines is 2. The van der Waals surface area contributed by atoms with Gasteiger partial charge in [0.05, 0.1) is 0 Å². The van der Waals surface area contributed by atoms with Crippen LogP contribution in [-0.2, 0) is 0 Å². The summed E-state index contributed by atoms with van der Waals surface area (Å²) in [6.45, 7) is 6.18. The number of nitrogens with zero attached hydrogens (tertiary/aromatic N) is 3. The van der Waals surface area contributed by atoms with Gasteiger partial charge < -0.3 is 10.2 Å². The van der Waals surface area contributed by atoms with Crippen molar-refractivity contribution in [2.45, 2.75) is 33.1 Å². The molecule has 94 valence electrons. The minimum atomic E-state index is 0.837. The van der Waals surface area contributed by atoms with Gasteiger partial charge in [0.15, 0.2) is 0 Å². The van der Waals surface area contributed by atoms with Crippen LogP contribution in [0.15, 0.2) is 6.07 Å². The first-order chi connectivity index (χ1) is 8.19. The molecule has 1 aromatic heterocycles. The van der Waals surface area contributed by atoms with Crippen LogP contribution in [0, 0.1) is 12.8 Å². The zero-order chi connectivity index (χ0) is 12.3. The first kappa shape index (κ1) is 12.1. The molecule has 4 nitrogen and oxygen atoms in total. The standard InChI is InChI=1S/C13H22N4/c1-4-7-14-12-8-13(16-10(2)15-12)17(3)9-11-5-6-11/h8,11H,4-7,9H2,1-3H3,(H,14,15,16). The van der Waals surface area contributed by atoms with Crippen molar-refractivity contribution in [1.82, 2.24) is 9.97 Å². The highest BCUT2D eigenvalue weighted by Gasteiger charge is 2.23. The van der Waals surface area contributed by atoms with E-state index < -0.39 is 0 Å². The van der Waals surface area contributed by atoms with E-state index in [0.29, 0.717) is 0 Å². The van der Waals surface area contributed by atoms with E-state index >= 15 is 0 Å². The molecule has 1 N–H and O–H groups in total. The van der Waals surface area contributed by atoms with E-state index in [4.69, 9.17) is 0 Å². The molecule has 1 fully saturated rings. The Hall–Kier alpha value is -1.32. The first-order valence-electron chi connectivity index (χ1n) is 6.49. The Balaban J connectivity index is 2.06. The normalized spacial score (nSPS) is 14.8. The summed E-state index contributed by atoms with van der Waals surface area (Å²) in [5, 5.41) is 3.32. The molecule has 0 radical (unpaired) electrons. The van der Waals surface area contributed by atoms with Crippen molar-refractivity contribution >= 4 is 11.6 Å². The van der Waals surface area contributed by atoms with Crippen molar-refractivity contribution < 1.29 is 0 Å². The summed E-state index contributed by atoms with van der Waals surface area (Å²) >= 11 is 0. The summed E-state index contributed by atoms with van der Waals surface area (Å²) in [5.41, 5.74) is 0. The second-order valence-electron chi connectivity index (χ2n) is 4.91. The second-order valence-corrected chi connectivity index (χ2v) is 4.91. The number of hydrogen-bond donors (Lipinski definition) is 1. The molecule has 0 amide bonds. The number of aryl methyl sites for hydroxylation is 1. The Labute approximate surface area is 103 Å². The molecule has 0 saturated heterocycles. The van der Waals surface area contributed by atoms with E-state index in [9.17, 15) is 0 Å². The van der Waals surface area contributed by atoms with Crippen LogP contribution in [0.25, 0.3) is 0 Å². The molecule has 1 aliphatic carbocycles. The van der Waals surface area contributed by atoms with Gasteiger partial charge in [-0.3, -0.25) is 0 Å². The molecule has 0 bridgehead atoms. The zero-order valence-corrected chi connectivity index (χ0v) is 11.0. The monoisotopic (exact) mass is 234 g/mol. The molecule has 1 saturated carbocycles. The van der Waals surface area contributed by atoms with Crippen molar-refractivity contribution in [2.75, 3.05) is 30.4 Å². The topological polar surface area (TPSA) is 41.0 Å². The van der Waals surface area contributed by atoms with E-state index in [-0.39, 0.29) is 0 Å². The fraction of sp³-hybridized carbons (Fsp3) is 0.692. The number of rotatable bonds is 6. The van der Waals surface area contributed by atoms with Gasteiger partial charge in [-0.2, -0.15) is 0 Å². The Morgan fingerprint density at radius 1 is 1.41 bits per heavy atom. The third-order valence-corrected chi connectivity index (χ3v) is 3.00. The quantitative estimate of drug-likeness (QED) is 0.821. The highest BCUT2D eigenvalue weighted by atomic mass is 15.2. The van der Waals surface area contributed by atoms with Gasteiger partial charge in [0.1, 0.15) is 17.5 Å². The Morgan fingerprint density at radius 2 is 2.18 bits per heavy atom. The van der Waals surface area contributed by atoms with Crippen molar-refractivity contribution in [3.05, 3.63) is 11.9 Å². The minimum absolute atomic E-state index is 0.837. The smallest absolute Gasteiger partial charge is 0.134 e. The van der Waals surface area contributed by atoms with Crippen LogP contribution in [0.2, 0.25) is 0 Å². The van der Waals surface area contributed by atoms with Gasteiger partial charge in [-0.1, -0.05) is 6.92 Å². The van der Waals surface area contributed by atoms with Crippen LogP contribution >= 0.6 is 0 Å². The second kappa shape index (κ2) is 5.34. The van der Waals surface area contributed by atoms with Crippen molar-refractivity contribution in [2.24, 2.45) is 5.92 Å². The summed E-state index contributed by atoms with van der Waals surface area (Å²) < 4.78 is 0. The first-order valence-corrected chi connectivity index (χ1v) is 6.49. The molecule has 1 heterocycles. The van der Waals surface area contributed by atoms with Crippen LogP contribution in [0.5, 0.6) is 0 Å². The molecule has 1 aliphatic rings. The van der Waals surface area contributed by atoms with Crippen LogP contribution in [0.4, 0.5) is 11.6 Å². The molecular formula is C13H22N4. The largest absolute Gasteiger partial charge is 0.370 e. The van der Waals surface area contributed by atoms with Crippen molar-refractivity contribution in [1.29, 1.82) is 0 Å². The zero-order valence-electron chi connectivity index (χ0n) is 11.0. The number of hydrogen-bond acceptors (Lipinski definition) is 4. The Bertz CT molecular complexity index is 374. The van der Waals surface area contributed by atoms with Gasteiger partial charge in [0.25, 0.3) is 0 Å². The summed E-state index contributed by atoms with van der Waals surface area (Å²) in [4.78, 5) is 11.1. The lowest BCUT2D eigenvalue weighted by atomic mass is 10.3. The molecule has 17 heavy (non-hydrogen) atoms. The Kier molecular flexibility index (Phi) is 3.82. The lowest BCUT2D eigenvalue weighted by Gasteiger charge is -2.19. The van der Waals surface area contributed by atoms with Gasteiger partial charge >= 0.3 is 0 Å². The summed E-state index contributed by atoms with van der Waals surface area (Å²) in [6, 6.07) is 2.05. The summed E-state index contributed by atoms with van der Waals surface area (Å²) in [6.07, 6.45) is 3.85. The number of nitrogens with one attached hydrogen (secondary N) is 1. The van der Waals surface area contributed by atoms with Crippen molar-refractivity contribution in [3.63, 3.8) is 0 Å². The minimum Gasteiger partial charge on any atom is -0.370 e. The predicted octanol–water partition coefficient (Wildman–Crippen LogP) is 2.45. The van der Waals surface area contributed by atoms with Gasteiger partial charge in [-0.05, 0) is 32.1 Å². The Morgan fingerprint density at radius 3 is 2.82 bits per heavy atom. The van der Waals surface area contributed by atoms with Crippen molar-refractivity contribution in [3.8, 4) is 0 Å². The van der Waals surface area contributed by atoms with Gasteiger partial charge in [-0.25, -0.2) is 9.97 Å². The van der Waals surface area contributed by atoms with Crippen LogP contribution in [0.1, 0.15) is 32.0 Å². The fourth-order valence-corrected chi connectivity index (χ4v) is 1.87. The molecular weight excluding hydrogens is 212 g/mol. The summed E-state index contributed by atoms with van der Waals surface area (Å²) in [7, 11) is 2.11. The lowest BCUT2D eigenvalue weighted by Crippen LogP contribution is -2.22. The van der Waals surface area contributed by atoms with Crippen LogP contribution in [-0.4, -0.2) is 30.1 Å². The van der Waals surface area contributed by atoms with E-state index in [0.717, 1.165) is 42.9 Å². The van der Waals surface area contributed by atoms with Crippen LogP contribution < -0.4 is 10.2 Å². The maximum Gasteiger partial charge on any atom is 0.134 e. The number of aromatic nitrogens is 2. The molecule has 0 spiro atoms. The van der Waals surface area contributed by atoms with E-state index in [2.05, 4.69) is 34.2 Å². The molecule has 4 heteroatoms. The van der Waals surface area contributed by atoms with E-state index in [1.165, 1.54) is 12.8 Å². The third kappa shape index (κ3) is 3.58. The molecule has 0 aromatic carbocycles. The maximum absolute atomic E-state index is 4.50. The van der Waals surface area contributed by atoms with Crippen LogP contribution in [0.3, 0.4) is 0 Å². The van der Waals surface area contributed by atoms with E-state index in [1.807, 2.05) is 13.0 Å². The van der Waals surface area contributed by atoms with Gasteiger partial charge in [0.2, 0.25) is 0 Å². The highest BCUT2D eigenvalue weighted by Crippen LogP contribution is 2.30. The highest BCUT2D eigenvalue weighted by molar-refractivity contribution is 5.49. The SMILES string of the molecule is CCCNc1cc(N(C)CC2CC2)nc(C)n1. The molecule has 0 atom stereocenters. The predicted molar refractivity (Wildman–Crippen MR) is 71.5 cm³/mol. The fourth-order valence-electron chi connectivity index (χ4n) is 1.87. The average molecular weight is 234 g/mol. The molecule has 0 unspecified atom stereocenters. The molecule has 0 aliphatic heterocycles. The van der Waals surface area contributed by atoms with Gasteiger partial charge in [-0.15, -0.1) is 0 Å². The third-order valence-electron chi connectivity index (χ3n) is 3.00. The molecule has 1 aromatic rings. The average Bonchev–Trinajstić information content (AvgIpc) is 3.09. The van der Waals surface area contributed by atoms with Gasteiger partial charge in [0, 0.05) is 26.2 Å². The van der Waals surface area contributed by atoms with E-state index in [1.54, 1.807) is 0 Å². The maximum atomic E-state index is 4.50.